The minimum atomic E-state index is -0.736. The van der Waals surface area contributed by atoms with Gasteiger partial charge in [-0.15, -0.1) is 17.7 Å². The Balaban J connectivity index is 2.50. The molecule has 22 heavy (non-hydrogen) atoms. The van der Waals surface area contributed by atoms with Crippen molar-refractivity contribution in [2.75, 3.05) is 6.61 Å². The molecule has 0 fully saturated rings. The van der Waals surface area contributed by atoms with E-state index in [2.05, 4.69) is 18.8 Å². The van der Waals surface area contributed by atoms with Crippen molar-refractivity contribution in [1.29, 1.82) is 0 Å². The van der Waals surface area contributed by atoms with E-state index >= 15 is 0 Å². The van der Waals surface area contributed by atoms with Gasteiger partial charge >= 0.3 is 5.97 Å². The van der Waals surface area contributed by atoms with E-state index in [1.807, 2.05) is 24.3 Å². The van der Waals surface area contributed by atoms with Gasteiger partial charge in [0.2, 0.25) is 0 Å². The Morgan fingerprint density at radius 2 is 2.00 bits per heavy atom. The van der Waals surface area contributed by atoms with Crippen LogP contribution in [-0.2, 0) is 4.79 Å². The molecule has 0 amide bonds. The maximum Gasteiger partial charge on any atom is 0.316 e. The van der Waals surface area contributed by atoms with Crippen LogP contribution in [0.4, 0.5) is 0 Å². The van der Waals surface area contributed by atoms with Crippen LogP contribution in [0.25, 0.3) is 0 Å². The molecule has 0 aliphatic rings. The Morgan fingerprint density at radius 3 is 2.59 bits per heavy atom. The number of carbonyl (C=O) groups is 1. The second-order valence-corrected chi connectivity index (χ2v) is 6.26. The minimum absolute atomic E-state index is 0.373. The molecule has 0 heterocycles. The third-order valence-corrected chi connectivity index (χ3v) is 4.45. The number of hydrogen-bond donors (Lipinski definition) is 1. The first kappa shape index (κ1) is 18.4. The first-order valence-corrected chi connectivity index (χ1v) is 8.57. The molecular formula is C18H24O3S. The molecule has 0 spiro atoms. The summed E-state index contributed by atoms with van der Waals surface area (Å²) in [5.74, 6) is 5.62. The van der Waals surface area contributed by atoms with E-state index in [4.69, 9.17) is 4.74 Å². The van der Waals surface area contributed by atoms with E-state index in [0.717, 1.165) is 29.9 Å². The molecular weight excluding hydrogens is 296 g/mol. The molecule has 3 nitrogen and oxygen atoms in total. The summed E-state index contributed by atoms with van der Waals surface area (Å²) in [5, 5.41) is 8.95. The van der Waals surface area contributed by atoms with Crippen LogP contribution in [0.3, 0.4) is 0 Å². The summed E-state index contributed by atoms with van der Waals surface area (Å²) >= 11 is 1.41. The smallest absolute Gasteiger partial charge is 0.316 e. The van der Waals surface area contributed by atoms with E-state index in [-0.39, 0.29) is 5.25 Å². The molecule has 1 unspecified atom stereocenters. The van der Waals surface area contributed by atoms with Gasteiger partial charge in [0.1, 0.15) is 17.6 Å². The van der Waals surface area contributed by atoms with Gasteiger partial charge in [-0.1, -0.05) is 38.5 Å². The lowest BCUT2D eigenvalue weighted by Crippen LogP contribution is -2.16. The molecule has 0 aliphatic carbocycles. The number of thioether (sulfide) groups is 1. The molecule has 0 saturated heterocycles. The third kappa shape index (κ3) is 7.42. The van der Waals surface area contributed by atoms with E-state index in [1.165, 1.54) is 18.2 Å². The highest BCUT2D eigenvalue weighted by Crippen LogP contribution is 2.28. The highest BCUT2D eigenvalue weighted by atomic mass is 32.2. The van der Waals surface area contributed by atoms with E-state index in [1.54, 1.807) is 6.92 Å². The van der Waals surface area contributed by atoms with Crippen molar-refractivity contribution < 1.29 is 14.6 Å². The lowest BCUT2D eigenvalue weighted by Gasteiger charge is -2.12. The summed E-state index contributed by atoms with van der Waals surface area (Å²) in [6.07, 6.45) is 5.11. The number of aliphatic carboxylic acids is 1. The molecule has 1 atom stereocenters. The van der Waals surface area contributed by atoms with Gasteiger partial charge in [0.15, 0.2) is 0 Å². The molecule has 120 valence electrons. The summed E-state index contributed by atoms with van der Waals surface area (Å²) in [7, 11) is 0. The number of carboxylic acid groups (broad SMARTS) is 1. The molecule has 0 aliphatic heterocycles. The van der Waals surface area contributed by atoms with Crippen molar-refractivity contribution >= 4 is 17.7 Å². The predicted molar refractivity (Wildman–Crippen MR) is 91.4 cm³/mol. The SMILES string of the molecule is CC#CCOc1ccc(SC(CCCCCC)C(=O)O)cc1. The average Bonchev–Trinajstić information content (AvgIpc) is 2.52. The lowest BCUT2D eigenvalue weighted by molar-refractivity contribution is -0.136. The Hall–Kier alpha value is -1.60. The molecule has 0 bridgehead atoms. The highest BCUT2D eigenvalue weighted by Gasteiger charge is 2.18. The monoisotopic (exact) mass is 320 g/mol. The van der Waals surface area contributed by atoms with Gasteiger partial charge in [-0.3, -0.25) is 4.79 Å². The van der Waals surface area contributed by atoms with Crippen molar-refractivity contribution in [3.63, 3.8) is 0 Å². The molecule has 1 aromatic rings. The fraction of sp³-hybridized carbons (Fsp3) is 0.500. The highest BCUT2D eigenvalue weighted by molar-refractivity contribution is 8.00. The van der Waals surface area contributed by atoms with Crippen molar-refractivity contribution in [2.24, 2.45) is 0 Å². The van der Waals surface area contributed by atoms with Crippen molar-refractivity contribution in [3.8, 4) is 17.6 Å². The summed E-state index contributed by atoms with van der Waals surface area (Å²) in [4.78, 5) is 12.3. The molecule has 0 saturated carbocycles. The maximum absolute atomic E-state index is 11.3. The Morgan fingerprint density at radius 1 is 1.27 bits per heavy atom. The molecule has 1 rings (SSSR count). The van der Waals surface area contributed by atoms with Crippen LogP contribution >= 0.6 is 11.8 Å². The molecule has 0 radical (unpaired) electrons. The second-order valence-electron chi connectivity index (χ2n) is 4.98. The van der Waals surface area contributed by atoms with Crippen LogP contribution in [0.15, 0.2) is 29.2 Å². The Labute approximate surface area is 137 Å². The zero-order valence-electron chi connectivity index (χ0n) is 13.3. The van der Waals surface area contributed by atoms with Gasteiger partial charge in [0, 0.05) is 4.90 Å². The fourth-order valence-electron chi connectivity index (χ4n) is 1.96. The van der Waals surface area contributed by atoms with Gasteiger partial charge < -0.3 is 9.84 Å². The van der Waals surface area contributed by atoms with Crippen LogP contribution in [0.2, 0.25) is 0 Å². The summed E-state index contributed by atoms with van der Waals surface area (Å²) in [5.41, 5.74) is 0. The summed E-state index contributed by atoms with van der Waals surface area (Å²) in [6.45, 7) is 4.30. The third-order valence-electron chi connectivity index (χ3n) is 3.19. The first-order chi connectivity index (χ1) is 10.7. The maximum atomic E-state index is 11.3. The van der Waals surface area contributed by atoms with Crippen LogP contribution < -0.4 is 4.74 Å². The fourth-order valence-corrected chi connectivity index (χ4v) is 2.97. The topological polar surface area (TPSA) is 46.5 Å². The Bertz CT molecular complexity index is 499. The van der Waals surface area contributed by atoms with Crippen LogP contribution in [-0.4, -0.2) is 22.9 Å². The number of rotatable bonds is 10. The van der Waals surface area contributed by atoms with Gasteiger partial charge in [-0.05, 0) is 37.6 Å². The van der Waals surface area contributed by atoms with Crippen molar-refractivity contribution in [3.05, 3.63) is 24.3 Å². The summed E-state index contributed by atoms with van der Waals surface area (Å²) < 4.78 is 5.45. The van der Waals surface area contributed by atoms with E-state index in [9.17, 15) is 9.90 Å². The van der Waals surface area contributed by atoms with Crippen LogP contribution in [0.1, 0.15) is 46.0 Å². The first-order valence-electron chi connectivity index (χ1n) is 7.69. The molecule has 1 N–H and O–H groups in total. The largest absolute Gasteiger partial charge is 0.481 e. The standard InChI is InChI=1S/C18H24O3S/c1-3-5-7-8-9-17(18(19)20)22-16-12-10-15(11-13-16)21-14-6-4-2/h10-13,17H,3,5,7-9,14H2,1-2H3,(H,19,20). The molecule has 4 heteroatoms. The van der Waals surface area contributed by atoms with Crippen molar-refractivity contribution in [2.45, 2.75) is 56.1 Å². The van der Waals surface area contributed by atoms with Gasteiger partial charge in [-0.2, -0.15) is 0 Å². The van der Waals surface area contributed by atoms with Gasteiger partial charge in [0.25, 0.3) is 0 Å². The van der Waals surface area contributed by atoms with Crippen molar-refractivity contribution in [1.82, 2.24) is 0 Å². The number of benzene rings is 1. The molecule has 0 aromatic heterocycles. The number of ether oxygens (including phenoxy) is 1. The number of hydrogen-bond acceptors (Lipinski definition) is 3. The Kier molecular flexibility index (Phi) is 9.25. The minimum Gasteiger partial charge on any atom is -0.481 e. The van der Waals surface area contributed by atoms with E-state index < -0.39 is 5.97 Å². The summed E-state index contributed by atoms with van der Waals surface area (Å²) in [6, 6.07) is 7.52. The molecule has 1 aromatic carbocycles. The number of carboxylic acids is 1. The predicted octanol–water partition coefficient (Wildman–Crippen LogP) is 4.60. The lowest BCUT2D eigenvalue weighted by atomic mass is 10.1. The van der Waals surface area contributed by atoms with Gasteiger partial charge in [-0.25, -0.2) is 0 Å². The van der Waals surface area contributed by atoms with Gasteiger partial charge in [0.05, 0.1) is 0 Å². The second kappa shape index (κ2) is 11.0. The normalized spacial score (nSPS) is 11.4. The van der Waals surface area contributed by atoms with E-state index in [0.29, 0.717) is 13.0 Å². The van der Waals surface area contributed by atoms with Crippen LogP contribution in [0.5, 0.6) is 5.75 Å². The quantitative estimate of drug-likeness (QED) is 0.389. The zero-order valence-corrected chi connectivity index (χ0v) is 14.1. The average molecular weight is 320 g/mol. The zero-order chi connectivity index (χ0) is 16.2. The number of unbranched alkanes of at least 4 members (excludes halogenated alkanes) is 3. The van der Waals surface area contributed by atoms with Crippen LogP contribution in [0, 0.1) is 11.8 Å².